The molecule has 1 aromatic rings. The molecule has 1 aromatic heterocycles. The number of nitrogens with two attached hydrogens (primary N) is 1. The van der Waals surface area contributed by atoms with E-state index in [9.17, 15) is 0 Å². The summed E-state index contributed by atoms with van der Waals surface area (Å²) in [7, 11) is 0. The third kappa shape index (κ3) is 2.96. The van der Waals surface area contributed by atoms with E-state index < -0.39 is 0 Å². The molecule has 0 aromatic carbocycles. The molecule has 0 saturated carbocycles. The predicted molar refractivity (Wildman–Crippen MR) is 76.2 cm³/mol. The minimum absolute atomic E-state index is 0.306. The monoisotopic (exact) mass is 292 g/mol. The molecule has 2 N–H and O–H groups in total. The van der Waals surface area contributed by atoms with E-state index in [4.69, 9.17) is 28.9 Å². The zero-order valence-corrected chi connectivity index (χ0v) is 12.3. The Morgan fingerprint density at radius 2 is 2.29 bits per heavy atom. The smallest absolute Gasteiger partial charge is 0.0991 e. The normalized spacial score (nSPS) is 23.9. The summed E-state index contributed by atoms with van der Waals surface area (Å²) in [5, 5.41) is 0. The van der Waals surface area contributed by atoms with Crippen molar-refractivity contribution in [2.45, 2.75) is 38.3 Å². The summed E-state index contributed by atoms with van der Waals surface area (Å²) >= 11 is 13.7. The summed E-state index contributed by atoms with van der Waals surface area (Å²) in [5.74, 6) is 0. The van der Waals surface area contributed by atoms with Crippen molar-refractivity contribution < 1.29 is 0 Å². The lowest BCUT2D eigenvalue weighted by Gasteiger charge is -2.39. The highest BCUT2D eigenvalue weighted by molar-refractivity contribution is 7.20. The molecule has 2 nitrogen and oxygen atoms in total. The second-order valence-electron chi connectivity index (χ2n) is 4.58. The van der Waals surface area contributed by atoms with E-state index in [0.29, 0.717) is 12.1 Å². The molecule has 0 radical (unpaired) electrons. The third-order valence-corrected chi connectivity index (χ3v) is 5.09. The SMILES string of the molecule is CC(c1cc(Cl)sc1Cl)N1CCCCC1CN. The van der Waals surface area contributed by atoms with E-state index >= 15 is 0 Å². The number of thiophene rings is 1. The van der Waals surface area contributed by atoms with Crippen LogP contribution in [0.5, 0.6) is 0 Å². The van der Waals surface area contributed by atoms with Crippen molar-refractivity contribution in [3.05, 3.63) is 20.3 Å². The molecule has 2 heterocycles. The number of hydrogen-bond donors (Lipinski definition) is 1. The molecule has 2 rings (SSSR count). The van der Waals surface area contributed by atoms with Crippen molar-refractivity contribution in [3.8, 4) is 0 Å². The van der Waals surface area contributed by atoms with Crippen molar-refractivity contribution in [1.82, 2.24) is 4.90 Å². The molecule has 0 bridgehead atoms. The molecule has 96 valence electrons. The number of piperidine rings is 1. The fraction of sp³-hybridized carbons (Fsp3) is 0.667. The van der Waals surface area contributed by atoms with Gasteiger partial charge < -0.3 is 5.73 Å². The van der Waals surface area contributed by atoms with Gasteiger partial charge in [0.15, 0.2) is 0 Å². The molecule has 1 aliphatic rings. The Morgan fingerprint density at radius 3 is 2.88 bits per heavy atom. The maximum atomic E-state index is 6.23. The van der Waals surface area contributed by atoms with Crippen LogP contribution >= 0.6 is 34.5 Å². The topological polar surface area (TPSA) is 29.3 Å². The number of halogens is 2. The Labute approximate surface area is 117 Å². The van der Waals surface area contributed by atoms with Gasteiger partial charge in [0.2, 0.25) is 0 Å². The largest absolute Gasteiger partial charge is 0.329 e. The molecule has 0 spiro atoms. The first-order valence-corrected chi connectivity index (χ1v) is 7.61. The molecule has 0 aliphatic carbocycles. The number of rotatable bonds is 3. The van der Waals surface area contributed by atoms with Crippen LogP contribution in [0.25, 0.3) is 0 Å². The zero-order valence-electron chi connectivity index (χ0n) is 9.96. The van der Waals surface area contributed by atoms with Crippen molar-refractivity contribution in [2.24, 2.45) is 5.73 Å². The average molecular weight is 293 g/mol. The molecule has 2 atom stereocenters. The van der Waals surface area contributed by atoms with Crippen LogP contribution in [-0.2, 0) is 0 Å². The lowest BCUT2D eigenvalue weighted by atomic mass is 9.98. The van der Waals surface area contributed by atoms with Gasteiger partial charge in [0.1, 0.15) is 0 Å². The summed E-state index contributed by atoms with van der Waals surface area (Å²) in [6.45, 7) is 4.02. The zero-order chi connectivity index (χ0) is 12.4. The van der Waals surface area contributed by atoms with Crippen LogP contribution in [0, 0.1) is 0 Å². The minimum Gasteiger partial charge on any atom is -0.329 e. The fourth-order valence-corrected chi connectivity index (χ4v) is 4.24. The highest BCUT2D eigenvalue weighted by atomic mass is 35.5. The summed E-state index contributed by atoms with van der Waals surface area (Å²) < 4.78 is 1.57. The Hall–Kier alpha value is 0.200. The lowest BCUT2D eigenvalue weighted by Crippen LogP contribution is -2.45. The van der Waals surface area contributed by atoms with Crippen LogP contribution in [-0.4, -0.2) is 24.0 Å². The van der Waals surface area contributed by atoms with Gasteiger partial charge in [-0.25, -0.2) is 0 Å². The Morgan fingerprint density at radius 1 is 1.53 bits per heavy atom. The fourth-order valence-electron chi connectivity index (χ4n) is 2.60. The quantitative estimate of drug-likeness (QED) is 0.915. The van der Waals surface area contributed by atoms with Gasteiger partial charge in [-0.15, -0.1) is 11.3 Å². The number of nitrogens with zero attached hydrogens (tertiary/aromatic N) is 1. The Balaban J connectivity index is 2.17. The Kier molecular flexibility index (Phi) is 4.72. The van der Waals surface area contributed by atoms with E-state index in [2.05, 4.69) is 11.8 Å². The van der Waals surface area contributed by atoms with Crippen LogP contribution in [0.1, 0.15) is 37.8 Å². The lowest BCUT2D eigenvalue weighted by molar-refractivity contribution is 0.108. The minimum atomic E-state index is 0.306. The van der Waals surface area contributed by atoms with Crippen molar-refractivity contribution in [2.75, 3.05) is 13.1 Å². The molecule has 1 saturated heterocycles. The molecular weight excluding hydrogens is 275 g/mol. The van der Waals surface area contributed by atoms with Crippen LogP contribution in [0.4, 0.5) is 0 Å². The molecule has 0 amide bonds. The highest BCUT2D eigenvalue weighted by Crippen LogP contribution is 2.38. The van der Waals surface area contributed by atoms with E-state index in [1.54, 1.807) is 0 Å². The van der Waals surface area contributed by atoms with E-state index in [0.717, 1.165) is 27.3 Å². The van der Waals surface area contributed by atoms with Gasteiger partial charge in [-0.2, -0.15) is 0 Å². The first-order valence-electron chi connectivity index (χ1n) is 6.04. The Bertz CT molecular complexity index is 381. The van der Waals surface area contributed by atoms with Gasteiger partial charge in [-0.1, -0.05) is 29.6 Å². The van der Waals surface area contributed by atoms with E-state index in [-0.39, 0.29) is 0 Å². The molecule has 1 aliphatic heterocycles. The number of hydrogen-bond acceptors (Lipinski definition) is 3. The summed E-state index contributed by atoms with van der Waals surface area (Å²) in [4.78, 5) is 2.47. The van der Waals surface area contributed by atoms with E-state index in [1.807, 2.05) is 6.07 Å². The van der Waals surface area contributed by atoms with Crippen molar-refractivity contribution in [3.63, 3.8) is 0 Å². The third-order valence-electron chi connectivity index (χ3n) is 3.58. The summed E-state index contributed by atoms with van der Waals surface area (Å²) in [6.07, 6.45) is 3.72. The summed E-state index contributed by atoms with van der Waals surface area (Å²) in [6, 6.07) is 2.77. The van der Waals surface area contributed by atoms with Crippen LogP contribution in [0.3, 0.4) is 0 Å². The van der Waals surface area contributed by atoms with Gasteiger partial charge in [0.05, 0.1) is 8.67 Å². The van der Waals surface area contributed by atoms with Crippen LogP contribution in [0.15, 0.2) is 6.07 Å². The molecule has 17 heavy (non-hydrogen) atoms. The molecular formula is C12H18Cl2N2S. The molecule has 1 fully saturated rings. The van der Waals surface area contributed by atoms with Gasteiger partial charge in [-0.3, -0.25) is 4.90 Å². The standard InChI is InChI=1S/C12H18Cl2N2S/c1-8(10-6-11(13)17-12(10)14)16-5-3-2-4-9(16)7-15/h6,8-9H,2-5,7,15H2,1H3. The van der Waals surface area contributed by atoms with Gasteiger partial charge in [-0.05, 0) is 32.4 Å². The maximum Gasteiger partial charge on any atom is 0.0991 e. The second kappa shape index (κ2) is 5.89. The highest BCUT2D eigenvalue weighted by Gasteiger charge is 2.28. The van der Waals surface area contributed by atoms with E-state index in [1.165, 1.54) is 30.6 Å². The molecule has 2 unspecified atom stereocenters. The van der Waals surface area contributed by atoms with Gasteiger partial charge in [0.25, 0.3) is 0 Å². The van der Waals surface area contributed by atoms with Gasteiger partial charge >= 0.3 is 0 Å². The van der Waals surface area contributed by atoms with Crippen molar-refractivity contribution >= 4 is 34.5 Å². The maximum absolute atomic E-state index is 6.23. The average Bonchev–Trinajstić information content (AvgIpc) is 2.67. The predicted octanol–water partition coefficient (Wildman–Crippen LogP) is 3.93. The first kappa shape index (κ1) is 13.6. The first-order chi connectivity index (χ1) is 8.13. The van der Waals surface area contributed by atoms with Gasteiger partial charge in [0, 0.05) is 24.2 Å². The van der Waals surface area contributed by atoms with Crippen molar-refractivity contribution in [1.29, 1.82) is 0 Å². The summed E-state index contributed by atoms with van der Waals surface area (Å²) in [5.41, 5.74) is 7.00. The second-order valence-corrected chi connectivity index (χ2v) is 6.86. The van der Waals surface area contributed by atoms with Crippen LogP contribution in [0.2, 0.25) is 8.67 Å². The number of likely N-dealkylation sites (tertiary alicyclic amines) is 1. The van der Waals surface area contributed by atoms with Crippen LogP contribution < -0.4 is 5.73 Å². The molecule has 5 heteroatoms.